The third-order valence-electron chi connectivity index (χ3n) is 4.58. The molecule has 0 saturated heterocycles. The van der Waals surface area contributed by atoms with Crippen molar-refractivity contribution in [2.45, 2.75) is 31.4 Å². The molecule has 0 unspecified atom stereocenters. The van der Waals surface area contributed by atoms with Crippen molar-refractivity contribution in [3.05, 3.63) is 70.2 Å². The van der Waals surface area contributed by atoms with Crippen molar-refractivity contribution < 1.29 is 9.90 Å². The normalized spacial score (nSPS) is 17.6. The molecule has 1 aliphatic carbocycles. The summed E-state index contributed by atoms with van der Waals surface area (Å²) in [6.07, 6.45) is 1.21. The van der Waals surface area contributed by atoms with Crippen LogP contribution in [0.1, 0.15) is 41.7 Å². The number of benzene rings is 2. The van der Waals surface area contributed by atoms with E-state index in [0.29, 0.717) is 10.6 Å². The maximum absolute atomic E-state index is 12.5. The van der Waals surface area contributed by atoms with Crippen LogP contribution in [-0.4, -0.2) is 23.0 Å². The summed E-state index contributed by atoms with van der Waals surface area (Å²) in [5.74, 6) is -0.0471. The second kappa shape index (κ2) is 6.73. The van der Waals surface area contributed by atoms with Crippen LogP contribution in [0, 0.1) is 0 Å². The molecule has 2 atom stereocenters. The molecule has 0 heterocycles. The molecule has 1 N–H and O–H groups in total. The fraction of sp³-hybridized carbons (Fsp3) is 0.316. The molecular formula is C19H20ClNO2. The molecule has 0 aliphatic heterocycles. The number of aliphatic hydroxyl groups excluding tert-OH is 1. The topological polar surface area (TPSA) is 40.5 Å². The predicted molar refractivity (Wildman–Crippen MR) is 91.3 cm³/mol. The third kappa shape index (κ3) is 3.41. The Labute approximate surface area is 141 Å². The van der Waals surface area contributed by atoms with Crippen LogP contribution in [0.3, 0.4) is 0 Å². The molecule has 0 saturated carbocycles. The fourth-order valence-corrected chi connectivity index (χ4v) is 3.35. The Morgan fingerprint density at radius 1 is 1.26 bits per heavy atom. The summed E-state index contributed by atoms with van der Waals surface area (Å²) in [5.41, 5.74) is 3.25. The van der Waals surface area contributed by atoms with E-state index in [2.05, 4.69) is 12.1 Å². The molecule has 2 aromatic carbocycles. The molecule has 3 rings (SSSR count). The van der Waals surface area contributed by atoms with Crippen LogP contribution in [0.4, 0.5) is 0 Å². The van der Waals surface area contributed by atoms with Crippen molar-refractivity contribution in [3.63, 3.8) is 0 Å². The van der Waals surface area contributed by atoms with Gasteiger partial charge in [0.15, 0.2) is 0 Å². The van der Waals surface area contributed by atoms with Gasteiger partial charge in [-0.3, -0.25) is 4.79 Å². The number of rotatable bonds is 4. The maximum atomic E-state index is 12.5. The van der Waals surface area contributed by atoms with Crippen molar-refractivity contribution in [1.82, 2.24) is 4.90 Å². The Bertz CT molecular complexity index is 699. The van der Waals surface area contributed by atoms with Crippen molar-refractivity contribution in [1.29, 1.82) is 0 Å². The fourth-order valence-electron chi connectivity index (χ4n) is 3.22. The number of amides is 1. The van der Waals surface area contributed by atoms with Gasteiger partial charge < -0.3 is 10.0 Å². The second-order valence-electron chi connectivity index (χ2n) is 6.03. The van der Waals surface area contributed by atoms with E-state index in [1.54, 1.807) is 29.2 Å². The number of aryl methyl sites for hydroxylation is 1. The molecule has 0 spiro atoms. The van der Waals surface area contributed by atoms with Gasteiger partial charge in [-0.2, -0.15) is 0 Å². The van der Waals surface area contributed by atoms with E-state index < -0.39 is 6.10 Å². The van der Waals surface area contributed by atoms with E-state index in [9.17, 15) is 9.90 Å². The predicted octanol–water partition coefficient (Wildman–Crippen LogP) is 3.91. The highest BCUT2D eigenvalue weighted by Gasteiger charge is 2.29. The minimum atomic E-state index is -0.807. The molecule has 1 aliphatic rings. The number of halogens is 1. The first-order valence-corrected chi connectivity index (χ1v) is 8.21. The summed E-state index contributed by atoms with van der Waals surface area (Å²) >= 11 is 5.85. The van der Waals surface area contributed by atoms with E-state index in [1.165, 1.54) is 11.1 Å². The average Bonchev–Trinajstić information content (AvgIpc) is 2.98. The first kappa shape index (κ1) is 16.0. The summed E-state index contributed by atoms with van der Waals surface area (Å²) in [6, 6.07) is 15.3. The van der Waals surface area contributed by atoms with Crippen LogP contribution in [0.25, 0.3) is 0 Å². The molecule has 4 heteroatoms. The number of hydrogen-bond acceptors (Lipinski definition) is 2. The highest BCUT2D eigenvalue weighted by atomic mass is 35.5. The van der Waals surface area contributed by atoms with E-state index in [-0.39, 0.29) is 18.4 Å². The monoisotopic (exact) mass is 329 g/mol. The maximum Gasteiger partial charge on any atom is 0.225 e. The molecular weight excluding hydrogens is 310 g/mol. The zero-order valence-electron chi connectivity index (χ0n) is 13.1. The van der Waals surface area contributed by atoms with Gasteiger partial charge >= 0.3 is 0 Å². The first-order valence-electron chi connectivity index (χ1n) is 7.83. The number of fused-ring (bicyclic) bond motifs is 1. The van der Waals surface area contributed by atoms with Crippen LogP contribution in [-0.2, 0) is 11.2 Å². The van der Waals surface area contributed by atoms with Crippen LogP contribution < -0.4 is 0 Å². The molecule has 120 valence electrons. The lowest BCUT2D eigenvalue weighted by molar-refractivity contribution is -0.134. The van der Waals surface area contributed by atoms with E-state index in [4.69, 9.17) is 11.6 Å². The van der Waals surface area contributed by atoms with E-state index in [1.807, 2.05) is 19.2 Å². The van der Waals surface area contributed by atoms with Gasteiger partial charge in [0.1, 0.15) is 0 Å². The summed E-state index contributed by atoms with van der Waals surface area (Å²) in [6.45, 7) is 0. The average molecular weight is 330 g/mol. The molecule has 23 heavy (non-hydrogen) atoms. The highest BCUT2D eigenvalue weighted by molar-refractivity contribution is 6.30. The molecule has 2 aromatic rings. The van der Waals surface area contributed by atoms with Crippen molar-refractivity contribution >= 4 is 17.5 Å². The smallest absolute Gasteiger partial charge is 0.225 e. The molecule has 1 amide bonds. The number of nitrogens with zero attached hydrogens (tertiary/aromatic N) is 1. The quantitative estimate of drug-likeness (QED) is 0.924. The lowest BCUT2D eigenvalue weighted by Gasteiger charge is -2.26. The number of carbonyl (C=O) groups is 1. The van der Waals surface area contributed by atoms with Gasteiger partial charge in [0.05, 0.1) is 18.6 Å². The van der Waals surface area contributed by atoms with Gasteiger partial charge in [0.2, 0.25) is 5.91 Å². The minimum Gasteiger partial charge on any atom is -0.388 e. The van der Waals surface area contributed by atoms with Crippen LogP contribution in [0.5, 0.6) is 0 Å². The first-order chi connectivity index (χ1) is 11.1. The van der Waals surface area contributed by atoms with E-state index >= 15 is 0 Å². The van der Waals surface area contributed by atoms with Gasteiger partial charge in [0, 0.05) is 12.1 Å². The lowest BCUT2D eigenvalue weighted by atomic mass is 10.0. The SMILES string of the molecule is CN(C(=O)C[C@@H](O)c1ccc(Cl)cc1)[C@@H]1CCc2ccccc21. The molecule has 0 fully saturated rings. The van der Waals surface area contributed by atoms with Gasteiger partial charge in [-0.1, -0.05) is 48.0 Å². The number of carbonyl (C=O) groups excluding carboxylic acids is 1. The Morgan fingerprint density at radius 3 is 2.70 bits per heavy atom. The Kier molecular flexibility index (Phi) is 4.69. The van der Waals surface area contributed by atoms with Crippen LogP contribution in [0.2, 0.25) is 5.02 Å². The lowest BCUT2D eigenvalue weighted by Crippen LogP contribution is -2.31. The molecule has 0 radical (unpaired) electrons. The largest absolute Gasteiger partial charge is 0.388 e. The zero-order chi connectivity index (χ0) is 16.4. The zero-order valence-corrected chi connectivity index (χ0v) is 13.8. The number of aliphatic hydroxyl groups is 1. The highest BCUT2D eigenvalue weighted by Crippen LogP contribution is 2.35. The third-order valence-corrected chi connectivity index (χ3v) is 4.84. The Balaban J connectivity index is 1.67. The molecule has 0 aromatic heterocycles. The standard InChI is InChI=1S/C19H20ClNO2/c1-21(17-11-8-13-4-2-3-5-16(13)17)19(23)12-18(22)14-6-9-15(20)10-7-14/h2-7,9-10,17-18,22H,8,11-12H2,1H3/t17-,18-/m1/s1. The van der Waals surface area contributed by atoms with Gasteiger partial charge in [-0.15, -0.1) is 0 Å². The van der Waals surface area contributed by atoms with Crippen LogP contribution in [0.15, 0.2) is 48.5 Å². The van der Waals surface area contributed by atoms with Gasteiger partial charge in [-0.05, 0) is 41.7 Å². The molecule has 3 nitrogen and oxygen atoms in total. The van der Waals surface area contributed by atoms with Gasteiger partial charge in [-0.25, -0.2) is 0 Å². The van der Waals surface area contributed by atoms with E-state index in [0.717, 1.165) is 12.8 Å². The van der Waals surface area contributed by atoms with Crippen LogP contribution >= 0.6 is 11.6 Å². The number of hydrogen-bond donors (Lipinski definition) is 1. The summed E-state index contributed by atoms with van der Waals surface area (Å²) in [4.78, 5) is 14.3. The second-order valence-corrected chi connectivity index (χ2v) is 6.47. The minimum absolute atomic E-state index is 0.0471. The Hall–Kier alpha value is -1.84. The summed E-state index contributed by atoms with van der Waals surface area (Å²) < 4.78 is 0. The summed E-state index contributed by atoms with van der Waals surface area (Å²) in [7, 11) is 1.82. The van der Waals surface area contributed by atoms with Crippen molar-refractivity contribution in [2.24, 2.45) is 0 Å². The Morgan fingerprint density at radius 2 is 1.96 bits per heavy atom. The van der Waals surface area contributed by atoms with Gasteiger partial charge in [0.25, 0.3) is 0 Å². The van der Waals surface area contributed by atoms with Crippen molar-refractivity contribution in [3.8, 4) is 0 Å². The van der Waals surface area contributed by atoms with Crippen molar-refractivity contribution in [2.75, 3.05) is 7.05 Å². The molecule has 0 bridgehead atoms. The summed E-state index contributed by atoms with van der Waals surface area (Å²) in [5, 5.41) is 10.9.